The van der Waals surface area contributed by atoms with Gasteiger partial charge in [-0.15, -0.1) is 0 Å². The number of anilines is 3. The maximum atomic E-state index is 12.8. The predicted octanol–water partition coefficient (Wildman–Crippen LogP) is 3.92. The Morgan fingerprint density at radius 3 is 2.35 bits per heavy atom. The summed E-state index contributed by atoms with van der Waals surface area (Å²) in [7, 11) is 2.09. The van der Waals surface area contributed by atoms with Crippen molar-refractivity contribution in [3.8, 4) is 6.07 Å². The van der Waals surface area contributed by atoms with Crippen molar-refractivity contribution in [1.29, 1.82) is 5.26 Å². The smallest absolute Gasteiger partial charge is 0.369 e. The van der Waals surface area contributed by atoms with E-state index in [1.54, 1.807) is 6.07 Å². The van der Waals surface area contributed by atoms with E-state index < -0.39 is 17.6 Å². The normalized spacial score (nSPS) is 15.3. The van der Waals surface area contributed by atoms with Crippen LogP contribution in [0.3, 0.4) is 0 Å². The molecule has 162 valence electrons. The number of alkyl halides is 3. The summed E-state index contributed by atoms with van der Waals surface area (Å²) < 4.78 is 38.4. The van der Waals surface area contributed by atoms with Gasteiger partial charge in [-0.25, -0.2) is 0 Å². The molecule has 6 nitrogen and oxygen atoms in total. The number of carbonyl (C=O) groups is 1. The minimum atomic E-state index is -4.52. The van der Waals surface area contributed by atoms with Gasteiger partial charge >= 0.3 is 6.18 Å². The van der Waals surface area contributed by atoms with Crippen molar-refractivity contribution in [3.05, 3.63) is 65.9 Å². The van der Waals surface area contributed by atoms with E-state index in [2.05, 4.69) is 27.5 Å². The molecule has 1 amide bonds. The Labute approximate surface area is 178 Å². The molecule has 1 saturated heterocycles. The molecule has 0 saturated carbocycles. The number of halogens is 3. The first-order valence-corrected chi connectivity index (χ1v) is 9.65. The van der Waals surface area contributed by atoms with Crippen LogP contribution in [0.2, 0.25) is 0 Å². The maximum absolute atomic E-state index is 12.8. The number of hydrogen-bond acceptors (Lipinski definition) is 5. The monoisotopic (exact) mass is 429 g/mol. The van der Waals surface area contributed by atoms with E-state index in [0.717, 1.165) is 44.0 Å². The van der Waals surface area contributed by atoms with Crippen molar-refractivity contribution in [2.24, 2.45) is 0 Å². The van der Waals surface area contributed by atoms with Gasteiger partial charge in [0.25, 0.3) is 5.91 Å². The molecule has 0 bridgehead atoms. The Bertz CT molecular complexity index is 987. The highest BCUT2D eigenvalue weighted by Gasteiger charge is 2.30. The van der Waals surface area contributed by atoms with Crippen LogP contribution in [-0.4, -0.2) is 44.0 Å². The zero-order valence-electron chi connectivity index (χ0n) is 16.9. The van der Waals surface area contributed by atoms with Crippen molar-refractivity contribution >= 4 is 23.0 Å². The molecule has 1 fully saturated rings. The van der Waals surface area contributed by atoms with Crippen LogP contribution in [0.4, 0.5) is 30.2 Å². The lowest BCUT2D eigenvalue weighted by atomic mass is 10.2. The van der Waals surface area contributed by atoms with Gasteiger partial charge < -0.3 is 20.4 Å². The summed E-state index contributed by atoms with van der Waals surface area (Å²) in [6.45, 7) is 3.87. The SMILES string of the molecule is CN1CCN(c2ccc(N/C=C(/C#N)C(=O)Nc3cccc(C(F)(F)F)c3)cc2)CC1. The van der Waals surface area contributed by atoms with E-state index in [-0.39, 0.29) is 11.3 Å². The molecule has 0 unspecified atom stereocenters. The van der Waals surface area contributed by atoms with Crippen LogP contribution in [0.1, 0.15) is 5.56 Å². The zero-order valence-corrected chi connectivity index (χ0v) is 16.9. The summed E-state index contributed by atoms with van der Waals surface area (Å²) in [6, 6.07) is 13.6. The van der Waals surface area contributed by atoms with E-state index in [4.69, 9.17) is 0 Å². The van der Waals surface area contributed by atoms with Crippen molar-refractivity contribution in [3.63, 3.8) is 0 Å². The number of rotatable bonds is 5. The number of amides is 1. The molecule has 2 aromatic rings. The molecule has 2 aromatic carbocycles. The third-order valence-corrected chi connectivity index (χ3v) is 4.93. The van der Waals surface area contributed by atoms with Crippen LogP contribution in [0.25, 0.3) is 0 Å². The van der Waals surface area contributed by atoms with Gasteiger partial charge in [-0.1, -0.05) is 6.07 Å². The third kappa shape index (κ3) is 5.99. The van der Waals surface area contributed by atoms with Crippen LogP contribution in [-0.2, 0) is 11.0 Å². The molecule has 3 rings (SSSR count). The maximum Gasteiger partial charge on any atom is 0.416 e. The molecule has 1 aliphatic rings. The predicted molar refractivity (Wildman–Crippen MR) is 114 cm³/mol. The number of nitrogens with zero attached hydrogens (tertiary/aromatic N) is 3. The Morgan fingerprint density at radius 1 is 1.06 bits per heavy atom. The van der Waals surface area contributed by atoms with Gasteiger partial charge in [0.1, 0.15) is 11.6 Å². The summed E-state index contributed by atoms with van der Waals surface area (Å²) in [5, 5.41) is 14.5. The van der Waals surface area contributed by atoms with Gasteiger partial charge in [-0.3, -0.25) is 4.79 Å². The van der Waals surface area contributed by atoms with Crippen molar-refractivity contribution in [1.82, 2.24) is 4.90 Å². The molecule has 1 heterocycles. The number of nitrogens with one attached hydrogen (secondary N) is 2. The Morgan fingerprint density at radius 2 is 1.74 bits per heavy atom. The second-order valence-corrected chi connectivity index (χ2v) is 7.18. The van der Waals surface area contributed by atoms with E-state index in [0.29, 0.717) is 5.69 Å². The molecule has 0 aliphatic carbocycles. The topological polar surface area (TPSA) is 71.4 Å². The van der Waals surface area contributed by atoms with Crippen LogP contribution >= 0.6 is 0 Å². The lowest BCUT2D eigenvalue weighted by Gasteiger charge is -2.34. The molecule has 0 atom stereocenters. The number of likely N-dealkylation sites (N-methyl/N-ethyl adjacent to an activating group) is 1. The molecule has 0 aromatic heterocycles. The number of nitriles is 1. The van der Waals surface area contributed by atoms with Crippen LogP contribution < -0.4 is 15.5 Å². The highest BCUT2D eigenvalue weighted by molar-refractivity contribution is 6.06. The van der Waals surface area contributed by atoms with E-state index in [9.17, 15) is 23.2 Å². The minimum Gasteiger partial charge on any atom is -0.369 e. The van der Waals surface area contributed by atoms with E-state index >= 15 is 0 Å². The molecule has 0 spiro atoms. The molecular formula is C22H22F3N5O. The molecule has 1 aliphatic heterocycles. The average molecular weight is 429 g/mol. The molecule has 9 heteroatoms. The van der Waals surface area contributed by atoms with Gasteiger partial charge in [0.15, 0.2) is 0 Å². The lowest BCUT2D eigenvalue weighted by Crippen LogP contribution is -2.44. The van der Waals surface area contributed by atoms with Gasteiger partial charge in [-0.2, -0.15) is 18.4 Å². The number of piperazine rings is 1. The molecule has 0 radical (unpaired) electrons. The van der Waals surface area contributed by atoms with Crippen molar-refractivity contribution < 1.29 is 18.0 Å². The van der Waals surface area contributed by atoms with Crippen LogP contribution in [0, 0.1) is 11.3 Å². The fourth-order valence-electron chi connectivity index (χ4n) is 3.11. The largest absolute Gasteiger partial charge is 0.416 e. The Kier molecular flexibility index (Phi) is 6.82. The zero-order chi connectivity index (χ0) is 22.4. The van der Waals surface area contributed by atoms with E-state index in [1.165, 1.54) is 18.3 Å². The Hall–Kier alpha value is -3.51. The number of hydrogen-bond donors (Lipinski definition) is 2. The second-order valence-electron chi connectivity index (χ2n) is 7.18. The fraction of sp³-hybridized carbons (Fsp3) is 0.273. The van der Waals surface area contributed by atoms with Crippen LogP contribution in [0.15, 0.2) is 60.3 Å². The first kappa shape index (κ1) is 22.2. The summed E-state index contributed by atoms with van der Waals surface area (Å²) in [6.07, 6.45) is -3.29. The van der Waals surface area contributed by atoms with Crippen LogP contribution in [0.5, 0.6) is 0 Å². The number of carbonyl (C=O) groups excluding carboxylic acids is 1. The molecule has 31 heavy (non-hydrogen) atoms. The van der Waals surface area contributed by atoms with E-state index in [1.807, 2.05) is 24.3 Å². The van der Waals surface area contributed by atoms with Gasteiger partial charge in [0.05, 0.1) is 5.56 Å². The lowest BCUT2D eigenvalue weighted by molar-refractivity contribution is -0.137. The number of benzene rings is 2. The first-order valence-electron chi connectivity index (χ1n) is 9.65. The van der Waals surface area contributed by atoms with Gasteiger partial charge in [0, 0.05) is 49.4 Å². The fourth-order valence-corrected chi connectivity index (χ4v) is 3.11. The molecule has 2 N–H and O–H groups in total. The van der Waals surface area contributed by atoms with Crippen molar-refractivity contribution in [2.45, 2.75) is 6.18 Å². The summed E-state index contributed by atoms with van der Waals surface area (Å²) >= 11 is 0. The quantitative estimate of drug-likeness (QED) is 0.557. The average Bonchev–Trinajstić information content (AvgIpc) is 2.75. The minimum absolute atomic E-state index is 0.0440. The Balaban J connectivity index is 1.62. The van der Waals surface area contributed by atoms with Gasteiger partial charge in [-0.05, 0) is 49.5 Å². The first-order chi connectivity index (χ1) is 14.8. The summed E-state index contributed by atoms with van der Waals surface area (Å²) in [5.74, 6) is -0.802. The van der Waals surface area contributed by atoms with Crippen molar-refractivity contribution in [2.75, 3.05) is 48.8 Å². The third-order valence-electron chi connectivity index (χ3n) is 4.93. The second kappa shape index (κ2) is 9.53. The summed E-state index contributed by atoms with van der Waals surface area (Å²) in [4.78, 5) is 16.8. The highest BCUT2D eigenvalue weighted by atomic mass is 19.4. The highest BCUT2D eigenvalue weighted by Crippen LogP contribution is 2.30. The standard InChI is InChI=1S/C22H22F3N5O/c1-29-9-11-30(12-10-29)20-7-5-18(6-8-20)27-15-16(14-26)21(31)28-19-4-2-3-17(13-19)22(23,24)25/h2-8,13,15,27H,9-12H2,1H3,(H,28,31)/b16-15-. The molecular weight excluding hydrogens is 407 g/mol. The summed E-state index contributed by atoms with van der Waals surface area (Å²) in [5.41, 5.74) is 0.576. The van der Waals surface area contributed by atoms with Gasteiger partial charge in [0.2, 0.25) is 0 Å².